The van der Waals surface area contributed by atoms with Gasteiger partial charge in [0.25, 0.3) is 0 Å². The molecule has 1 aromatic rings. The predicted molar refractivity (Wildman–Crippen MR) is 137 cm³/mol. The molecule has 2 fully saturated rings. The third-order valence-electron chi connectivity index (χ3n) is 7.14. The summed E-state index contributed by atoms with van der Waals surface area (Å²) in [7, 11) is 0. The minimum absolute atomic E-state index is 0.0500. The highest BCUT2D eigenvalue weighted by Crippen LogP contribution is 2.26. The third-order valence-corrected chi connectivity index (χ3v) is 7.14. The first-order valence-electron chi connectivity index (χ1n) is 13.2. The first-order chi connectivity index (χ1) is 16.7. The van der Waals surface area contributed by atoms with Crippen molar-refractivity contribution in [1.82, 2.24) is 14.7 Å². The Morgan fingerprint density at radius 3 is 2.20 bits per heavy atom. The van der Waals surface area contributed by atoms with Crippen LogP contribution in [0.2, 0.25) is 0 Å². The van der Waals surface area contributed by atoms with Crippen molar-refractivity contribution in [3.05, 3.63) is 30.3 Å². The molecular weight excluding hydrogens is 442 g/mol. The van der Waals surface area contributed by atoms with Crippen LogP contribution in [0.3, 0.4) is 0 Å². The van der Waals surface area contributed by atoms with Gasteiger partial charge in [0.05, 0.1) is 6.61 Å². The van der Waals surface area contributed by atoms with Gasteiger partial charge in [0.2, 0.25) is 17.7 Å². The van der Waals surface area contributed by atoms with Crippen LogP contribution < -0.4 is 4.74 Å². The summed E-state index contributed by atoms with van der Waals surface area (Å²) in [6.45, 7) is 12.8. The highest BCUT2D eigenvalue weighted by Gasteiger charge is 2.42. The van der Waals surface area contributed by atoms with Crippen LogP contribution in [0.4, 0.5) is 0 Å². The van der Waals surface area contributed by atoms with Crippen molar-refractivity contribution >= 4 is 17.7 Å². The zero-order chi connectivity index (χ0) is 25.5. The Kier molecular flexibility index (Phi) is 9.58. The molecule has 0 unspecified atom stereocenters. The minimum atomic E-state index is -0.482. The largest absolute Gasteiger partial charge is 0.493 e. The molecule has 7 heteroatoms. The molecule has 0 aromatic heterocycles. The lowest BCUT2D eigenvalue weighted by Gasteiger charge is -2.45. The molecule has 35 heavy (non-hydrogen) atoms. The molecule has 0 N–H and O–H groups in total. The molecule has 0 saturated carbocycles. The Hall–Kier alpha value is -2.57. The molecule has 1 aromatic carbocycles. The number of benzene rings is 1. The molecule has 2 aliphatic heterocycles. The number of nitrogens with zero attached hydrogens (tertiary/aromatic N) is 3. The van der Waals surface area contributed by atoms with Gasteiger partial charge in [-0.1, -0.05) is 45.9 Å². The molecule has 2 atom stereocenters. The first-order valence-corrected chi connectivity index (χ1v) is 13.2. The van der Waals surface area contributed by atoms with E-state index in [9.17, 15) is 14.4 Å². The third kappa shape index (κ3) is 7.21. The highest BCUT2D eigenvalue weighted by molar-refractivity contribution is 5.92. The Bertz CT molecular complexity index is 849. The maximum Gasteiger partial charge on any atom is 0.246 e. The van der Waals surface area contributed by atoms with Gasteiger partial charge in [0.15, 0.2) is 0 Å². The molecule has 2 aliphatic rings. The number of amides is 3. The number of carbonyl (C=O) groups is 3. The van der Waals surface area contributed by atoms with E-state index in [1.807, 2.05) is 35.2 Å². The number of hydrogen-bond acceptors (Lipinski definition) is 4. The molecule has 2 heterocycles. The van der Waals surface area contributed by atoms with E-state index in [4.69, 9.17) is 4.74 Å². The molecule has 0 spiro atoms. The number of piperazine rings is 1. The van der Waals surface area contributed by atoms with Gasteiger partial charge in [-0.15, -0.1) is 0 Å². The zero-order valence-corrected chi connectivity index (χ0v) is 22.1. The van der Waals surface area contributed by atoms with Crippen LogP contribution >= 0.6 is 0 Å². The van der Waals surface area contributed by atoms with E-state index in [2.05, 4.69) is 27.7 Å². The van der Waals surface area contributed by atoms with Gasteiger partial charge in [0.1, 0.15) is 17.8 Å². The average molecular weight is 486 g/mol. The Balaban J connectivity index is 1.65. The number of carbonyl (C=O) groups excluding carboxylic acids is 3. The van der Waals surface area contributed by atoms with E-state index in [0.717, 1.165) is 18.6 Å². The lowest BCUT2D eigenvalue weighted by Crippen LogP contribution is -2.63. The molecule has 2 saturated heterocycles. The molecule has 194 valence electrons. The molecule has 0 aliphatic carbocycles. The number of likely N-dealkylation sites (tertiary alicyclic amines) is 1. The van der Waals surface area contributed by atoms with Crippen molar-refractivity contribution in [2.45, 2.75) is 72.4 Å². The van der Waals surface area contributed by atoms with Gasteiger partial charge in [-0.2, -0.15) is 0 Å². The average Bonchev–Trinajstić information content (AvgIpc) is 2.82. The molecule has 3 rings (SSSR count). The molecule has 3 amide bonds. The summed E-state index contributed by atoms with van der Waals surface area (Å²) in [5.74, 6) is 1.75. The SMILES string of the molecule is CC(=O)N1CCN([C@@H](CC(C)C)C(=O)N2CCC(COc3ccccc3)CC2)C(=O)[C@@H]1CC(C)C. The number of ether oxygens (including phenoxy) is 1. The van der Waals surface area contributed by atoms with Crippen LogP contribution in [0.5, 0.6) is 5.75 Å². The topological polar surface area (TPSA) is 70.2 Å². The number of rotatable bonds is 9. The van der Waals surface area contributed by atoms with Crippen LogP contribution in [-0.4, -0.2) is 77.3 Å². The second-order valence-electron chi connectivity index (χ2n) is 10.9. The molecule has 7 nitrogen and oxygen atoms in total. The van der Waals surface area contributed by atoms with Crippen LogP contribution in [0, 0.1) is 17.8 Å². The van der Waals surface area contributed by atoms with Crippen molar-refractivity contribution in [2.75, 3.05) is 32.8 Å². The van der Waals surface area contributed by atoms with Crippen LogP contribution in [0.15, 0.2) is 30.3 Å². The maximum atomic E-state index is 13.7. The van der Waals surface area contributed by atoms with Crippen molar-refractivity contribution < 1.29 is 19.1 Å². The first kappa shape index (κ1) is 27.0. The molecule has 0 radical (unpaired) electrons. The van der Waals surface area contributed by atoms with Gasteiger partial charge in [0, 0.05) is 33.1 Å². The molecule has 0 bridgehead atoms. The fraction of sp³-hybridized carbons (Fsp3) is 0.679. The summed E-state index contributed by atoms with van der Waals surface area (Å²) < 4.78 is 5.93. The smallest absolute Gasteiger partial charge is 0.246 e. The van der Waals surface area contributed by atoms with E-state index >= 15 is 0 Å². The summed E-state index contributed by atoms with van der Waals surface area (Å²) in [5.41, 5.74) is 0. The van der Waals surface area contributed by atoms with Crippen LogP contribution in [0.1, 0.15) is 60.3 Å². The molecular formula is C28H43N3O4. The van der Waals surface area contributed by atoms with Gasteiger partial charge >= 0.3 is 0 Å². The maximum absolute atomic E-state index is 13.7. The van der Waals surface area contributed by atoms with E-state index < -0.39 is 12.1 Å². The summed E-state index contributed by atoms with van der Waals surface area (Å²) in [4.78, 5) is 45.0. The number of piperidine rings is 1. The lowest BCUT2D eigenvalue weighted by molar-refractivity contribution is -0.159. The van der Waals surface area contributed by atoms with E-state index in [-0.39, 0.29) is 29.6 Å². The summed E-state index contributed by atoms with van der Waals surface area (Å²) in [6, 6.07) is 8.88. The van der Waals surface area contributed by atoms with E-state index in [1.54, 1.807) is 9.80 Å². The summed E-state index contributed by atoms with van der Waals surface area (Å²) in [5, 5.41) is 0. The van der Waals surface area contributed by atoms with Gasteiger partial charge < -0.3 is 19.4 Å². The lowest BCUT2D eigenvalue weighted by atomic mass is 9.93. The minimum Gasteiger partial charge on any atom is -0.493 e. The standard InChI is InChI=1S/C28H43N3O4/c1-20(2)17-25(31-16-15-30(22(5)32)26(28(31)34)18-21(3)4)27(33)29-13-11-23(12-14-29)19-35-24-9-7-6-8-10-24/h6-10,20-21,23,25-26H,11-19H2,1-5H3/t25-,26-/m0/s1. The highest BCUT2D eigenvalue weighted by atomic mass is 16.5. The van der Waals surface area contributed by atoms with Crippen molar-refractivity contribution in [2.24, 2.45) is 17.8 Å². The monoisotopic (exact) mass is 485 g/mol. The normalized spacial score (nSPS) is 20.5. The fourth-order valence-corrected chi connectivity index (χ4v) is 5.24. The second kappa shape index (κ2) is 12.4. The van der Waals surface area contributed by atoms with Gasteiger partial charge in [-0.3, -0.25) is 14.4 Å². The van der Waals surface area contributed by atoms with Crippen molar-refractivity contribution in [1.29, 1.82) is 0 Å². The Morgan fingerprint density at radius 1 is 0.971 bits per heavy atom. The van der Waals surface area contributed by atoms with Gasteiger partial charge in [-0.25, -0.2) is 0 Å². The van der Waals surface area contributed by atoms with Crippen molar-refractivity contribution in [3.8, 4) is 5.75 Å². The van der Waals surface area contributed by atoms with E-state index in [0.29, 0.717) is 51.5 Å². The summed E-state index contributed by atoms with van der Waals surface area (Å²) in [6.07, 6.45) is 3.05. The fourth-order valence-electron chi connectivity index (χ4n) is 5.24. The quantitative estimate of drug-likeness (QED) is 0.533. The summed E-state index contributed by atoms with van der Waals surface area (Å²) >= 11 is 0. The number of para-hydroxylation sites is 1. The Morgan fingerprint density at radius 2 is 1.63 bits per heavy atom. The second-order valence-corrected chi connectivity index (χ2v) is 10.9. The van der Waals surface area contributed by atoms with Crippen LogP contribution in [-0.2, 0) is 14.4 Å². The number of hydrogen-bond donors (Lipinski definition) is 0. The zero-order valence-electron chi connectivity index (χ0n) is 22.1. The van der Waals surface area contributed by atoms with Crippen LogP contribution in [0.25, 0.3) is 0 Å². The van der Waals surface area contributed by atoms with E-state index in [1.165, 1.54) is 6.92 Å². The van der Waals surface area contributed by atoms with Gasteiger partial charge in [-0.05, 0) is 55.6 Å². The van der Waals surface area contributed by atoms with Crippen molar-refractivity contribution in [3.63, 3.8) is 0 Å². The predicted octanol–water partition coefficient (Wildman–Crippen LogP) is 3.82. The Labute approximate surface area is 210 Å².